The zero-order valence-corrected chi connectivity index (χ0v) is 9.00. The molecule has 88 valence electrons. The van der Waals surface area contributed by atoms with Crippen molar-refractivity contribution < 1.29 is 9.18 Å². The lowest BCUT2D eigenvalue weighted by Gasteiger charge is -2.18. The Labute approximate surface area is 89.2 Å². The van der Waals surface area contributed by atoms with Crippen LogP contribution in [0.1, 0.15) is 6.42 Å². The molecule has 1 rings (SSSR count). The predicted molar refractivity (Wildman–Crippen MR) is 56.4 cm³/mol. The fraction of sp³-hybridized carbons (Fsp3) is 0.889. The molecule has 1 fully saturated rings. The van der Waals surface area contributed by atoms with Crippen molar-refractivity contribution in [2.24, 2.45) is 5.73 Å². The number of halogens is 1. The SMILES string of the molecule is CNC(=O)N[C@@H]1CCN(C[C@@H](F)CN)C1. The Hall–Kier alpha value is -0.880. The van der Waals surface area contributed by atoms with Gasteiger partial charge >= 0.3 is 6.03 Å². The van der Waals surface area contributed by atoms with Crippen molar-refractivity contribution in [1.29, 1.82) is 0 Å². The van der Waals surface area contributed by atoms with Crippen molar-refractivity contribution in [2.75, 3.05) is 33.2 Å². The molecule has 4 N–H and O–H groups in total. The third-order valence-corrected chi connectivity index (χ3v) is 2.55. The number of carbonyl (C=O) groups is 1. The van der Waals surface area contributed by atoms with Gasteiger partial charge in [0.1, 0.15) is 6.17 Å². The molecule has 2 atom stereocenters. The van der Waals surface area contributed by atoms with Gasteiger partial charge in [-0.05, 0) is 6.42 Å². The molecule has 15 heavy (non-hydrogen) atoms. The highest BCUT2D eigenvalue weighted by Gasteiger charge is 2.24. The second-order valence-electron chi connectivity index (χ2n) is 3.80. The van der Waals surface area contributed by atoms with E-state index in [1.165, 1.54) is 0 Å². The molecule has 0 aromatic heterocycles. The number of hydrogen-bond donors (Lipinski definition) is 3. The molecule has 1 heterocycles. The average molecular weight is 218 g/mol. The van der Waals surface area contributed by atoms with E-state index in [4.69, 9.17) is 5.73 Å². The van der Waals surface area contributed by atoms with Crippen molar-refractivity contribution in [1.82, 2.24) is 15.5 Å². The molecule has 1 aliphatic heterocycles. The quantitative estimate of drug-likeness (QED) is 0.583. The summed E-state index contributed by atoms with van der Waals surface area (Å²) in [5.41, 5.74) is 5.21. The van der Waals surface area contributed by atoms with Crippen molar-refractivity contribution >= 4 is 6.03 Å². The number of alkyl halides is 1. The number of nitrogens with one attached hydrogen (secondary N) is 2. The Bertz CT molecular complexity index is 214. The molecular weight excluding hydrogens is 199 g/mol. The van der Waals surface area contributed by atoms with Gasteiger partial charge in [-0.15, -0.1) is 0 Å². The van der Waals surface area contributed by atoms with Crippen LogP contribution in [0.3, 0.4) is 0 Å². The van der Waals surface area contributed by atoms with E-state index in [0.717, 1.165) is 13.0 Å². The zero-order valence-electron chi connectivity index (χ0n) is 9.00. The second kappa shape index (κ2) is 5.87. The van der Waals surface area contributed by atoms with Crippen LogP contribution in [0.25, 0.3) is 0 Å². The normalized spacial score (nSPS) is 23.8. The van der Waals surface area contributed by atoms with Gasteiger partial charge in [0, 0.05) is 39.3 Å². The highest BCUT2D eigenvalue weighted by Crippen LogP contribution is 2.10. The Morgan fingerprint density at radius 1 is 1.73 bits per heavy atom. The maximum Gasteiger partial charge on any atom is 0.314 e. The number of carbonyl (C=O) groups excluding carboxylic acids is 1. The van der Waals surface area contributed by atoms with Crippen molar-refractivity contribution in [3.8, 4) is 0 Å². The van der Waals surface area contributed by atoms with Gasteiger partial charge in [-0.2, -0.15) is 0 Å². The van der Waals surface area contributed by atoms with Crippen molar-refractivity contribution in [3.63, 3.8) is 0 Å². The lowest BCUT2D eigenvalue weighted by Crippen LogP contribution is -2.42. The van der Waals surface area contributed by atoms with Crippen LogP contribution in [-0.4, -0.2) is 56.4 Å². The first-order valence-electron chi connectivity index (χ1n) is 5.20. The fourth-order valence-corrected chi connectivity index (χ4v) is 1.73. The van der Waals surface area contributed by atoms with Crippen LogP contribution < -0.4 is 16.4 Å². The van der Waals surface area contributed by atoms with Gasteiger partial charge in [0.2, 0.25) is 0 Å². The molecule has 0 spiro atoms. The van der Waals surface area contributed by atoms with E-state index >= 15 is 0 Å². The summed E-state index contributed by atoms with van der Waals surface area (Å²) < 4.78 is 13.0. The third-order valence-electron chi connectivity index (χ3n) is 2.55. The number of nitrogens with two attached hydrogens (primary N) is 1. The molecule has 0 unspecified atom stereocenters. The number of rotatable bonds is 4. The Morgan fingerprint density at radius 2 is 2.47 bits per heavy atom. The second-order valence-corrected chi connectivity index (χ2v) is 3.80. The molecule has 2 amide bonds. The Morgan fingerprint density at radius 3 is 3.07 bits per heavy atom. The highest BCUT2D eigenvalue weighted by molar-refractivity contribution is 5.73. The van der Waals surface area contributed by atoms with Gasteiger partial charge in [-0.3, -0.25) is 4.90 Å². The van der Waals surface area contributed by atoms with Crippen molar-refractivity contribution in [2.45, 2.75) is 18.6 Å². The number of likely N-dealkylation sites (tertiary alicyclic amines) is 1. The summed E-state index contributed by atoms with van der Waals surface area (Å²) in [5, 5.41) is 5.30. The molecule has 5 nitrogen and oxygen atoms in total. The van der Waals surface area contributed by atoms with Gasteiger partial charge in [0.05, 0.1) is 0 Å². The minimum absolute atomic E-state index is 0.0596. The van der Waals surface area contributed by atoms with E-state index in [-0.39, 0.29) is 18.6 Å². The van der Waals surface area contributed by atoms with Gasteiger partial charge in [0.15, 0.2) is 0 Å². The summed E-state index contributed by atoms with van der Waals surface area (Å²) in [6, 6.07) is -0.0626. The fourth-order valence-electron chi connectivity index (χ4n) is 1.73. The zero-order chi connectivity index (χ0) is 11.3. The maximum absolute atomic E-state index is 13.0. The van der Waals surface area contributed by atoms with Crippen LogP contribution >= 0.6 is 0 Å². The van der Waals surface area contributed by atoms with E-state index in [1.807, 2.05) is 4.90 Å². The van der Waals surface area contributed by atoms with E-state index < -0.39 is 6.17 Å². The number of hydrogen-bond acceptors (Lipinski definition) is 3. The van der Waals surface area contributed by atoms with Crippen LogP contribution in [0.5, 0.6) is 0 Å². The monoisotopic (exact) mass is 218 g/mol. The summed E-state index contributed by atoms with van der Waals surface area (Å²) in [6.45, 7) is 1.94. The molecule has 0 aliphatic carbocycles. The molecule has 1 saturated heterocycles. The van der Waals surface area contributed by atoms with Crippen LogP contribution in [0, 0.1) is 0 Å². The van der Waals surface area contributed by atoms with Gasteiger partial charge in [0.25, 0.3) is 0 Å². The number of amides is 2. The first-order chi connectivity index (χ1) is 7.15. The lowest BCUT2D eigenvalue weighted by atomic mass is 10.3. The maximum atomic E-state index is 13.0. The van der Waals surface area contributed by atoms with Crippen LogP contribution in [0.15, 0.2) is 0 Å². The molecular formula is C9H19FN4O. The van der Waals surface area contributed by atoms with E-state index in [1.54, 1.807) is 7.05 Å². The van der Waals surface area contributed by atoms with E-state index in [9.17, 15) is 9.18 Å². The first-order valence-corrected chi connectivity index (χ1v) is 5.20. The van der Waals surface area contributed by atoms with Crippen LogP contribution in [0.4, 0.5) is 9.18 Å². The largest absolute Gasteiger partial charge is 0.341 e. The minimum Gasteiger partial charge on any atom is -0.341 e. The summed E-state index contributed by atoms with van der Waals surface area (Å²) in [5.74, 6) is 0. The van der Waals surface area contributed by atoms with Gasteiger partial charge in [-0.1, -0.05) is 0 Å². The standard InChI is InChI=1S/C9H19FN4O/c1-12-9(15)13-8-2-3-14(6-8)5-7(10)4-11/h7-8H,2-6,11H2,1H3,(H2,12,13,15)/t7-,8+/m0/s1. The molecule has 0 saturated carbocycles. The molecule has 0 radical (unpaired) electrons. The summed E-state index contributed by atoms with van der Waals surface area (Å²) in [7, 11) is 1.58. The lowest BCUT2D eigenvalue weighted by molar-refractivity contribution is 0.219. The Kier molecular flexibility index (Phi) is 4.77. The summed E-state index contributed by atoms with van der Waals surface area (Å²) in [6.07, 6.45) is -0.103. The molecule has 1 aliphatic rings. The smallest absolute Gasteiger partial charge is 0.314 e. The number of nitrogens with zero attached hydrogens (tertiary/aromatic N) is 1. The topological polar surface area (TPSA) is 70.4 Å². The third kappa shape index (κ3) is 4.01. The average Bonchev–Trinajstić information content (AvgIpc) is 2.65. The van der Waals surface area contributed by atoms with E-state index in [2.05, 4.69) is 10.6 Å². The van der Waals surface area contributed by atoms with E-state index in [0.29, 0.717) is 13.1 Å². The van der Waals surface area contributed by atoms with Crippen LogP contribution in [-0.2, 0) is 0 Å². The molecule has 0 bridgehead atoms. The highest BCUT2D eigenvalue weighted by atomic mass is 19.1. The molecule has 6 heteroatoms. The first kappa shape index (κ1) is 12.2. The molecule has 0 aromatic rings. The summed E-state index contributed by atoms with van der Waals surface area (Å²) in [4.78, 5) is 13.0. The number of urea groups is 1. The van der Waals surface area contributed by atoms with Crippen molar-refractivity contribution in [3.05, 3.63) is 0 Å². The minimum atomic E-state index is -0.969. The summed E-state index contributed by atoms with van der Waals surface area (Å²) >= 11 is 0. The molecule has 0 aromatic carbocycles. The van der Waals surface area contributed by atoms with Gasteiger partial charge < -0.3 is 16.4 Å². The van der Waals surface area contributed by atoms with Crippen LogP contribution in [0.2, 0.25) is 0 Å². The van der Waals surface area contributed by atoms with Gasteiger partial charge in [-0.25, -0.2) is 9.18 Å². The Balaban J connectivity index is 2.23. The predicted octanol–water partition coefficient (Wildman–Crippen LogP) is -0.713.